The van der Waals surface area contributed by atoms with Crippen LogP contribution in [0.5, 0.6) is 0 Å². The predicted molar refractivity (Wildman–Crippen MR) is 134 cm³/mol. The maximum atomic E-state index is 8.62. The Labute approximate surface area is 199 Å². The van der Waals surface area contributed by atoms with Crippen LogP contribution < -0.4 is 10.4 Å². The molecule has 1 N–H and O–H groups in total. The third kappa shape index (κ3) is 8.94. The van der Waals surface area contributed by atoms with Crippen molar-refractivity contribution in [2.24, 2.45) is 0 Å². The highest BCUT2D eigenvalue weighted by atomic mass is 28.4. The van der Waals surface area contributed by atoms with Gasteiger partial charge in [0.1, 0.15) is 0 Å². The van der Waals surface area contributed by atoms with Crippen molar-refractivity contribution in [1.82, 2.24) is 0 Å². The average molecular weight is 477 g/mol. The third-order valence-corrected chi connectivity index (χ3v) is 10.4. The van der Waals surface area contributed by atoms with Crippen molar-refractivity contribution in [3.63, 3.8) is 0 Å². The summed E-state index contributed by atoms with van der Waals surface area (Å²) in [5.74, 6) is 0. The lowest BCUT2D eigenvalue weighted by molar-refractivity contribution is -0.00805. The monoisotopic (exact) mass is 476 g/mol. The Morgan fingerprint density at radius 1 is 0.576 bits per heavy atom. The zero-order valence-corrected chi connectivity index (χ0v) is 21.3. The number of aliphatic hydroxyl groups is 1. The Hall–Kier alpha value is -1.58. The second-order valence-corrected chi connectivity index (χ2v) is 13.0. The Bertz CT molecular complexity index is 696. The molecule has 0 aliphatic rings. The van der Waals surface area contributed by atoms with E-state index < -0.39 is 8.32 Å². The fourth-order valence-corrected chi connectivity index (χ4v) is 8.39. The summed E-state index contributed by atoms with van der Waals surface area (Å²) in [7, 11) is -2.50. The van der Waals surface area contributed by atoms with Gasteiger partial charge in [0.05, 0.1) is 66.1 Å². The largest absolute Gasteiger partial charge is 0.405 e. The van der Waals surface area contributed by atoms with Crippen LogP contribution in [0.15, 0.2) is 60.7 Å². The van der Waals surface area contributed by atoms with Crippen LogP contribution >= 0.6 is 0 Å². The number of rotatable bonds is 17. The van der Waals surface area contributed by atoms with E-state index in [0.717, 1.165) is 0 Å². The van der Waals surface area contributed by atoms with Crippen LogP contribution in [0.2, 0.25) is 5.04 Å². The van der Waals surface area contributed by atoms with E-state index in [0.29, 0.717) is 59.5 Å². The minimum absolute atomic E-state index is 0.0338. The maximum absolute atomic E-state index is 8.62. The summed E-state index contributed by atoms with van der Waals surface area (Å²) in [5.41, 5.74) is 0. The van der Waals surface area contributed by atoms with Gasteiger partial charge >= 0.3 is 0 Å². The van der Waals surface area contributed by atoms with Gasteiger partial charge in [0, 0.05) is 0 Å². The lowest BCUT2D eigenvalue weighted by Gasteiger charge is -2.43. The van der Waals surface area contributed by atoms with Gasteiger partial charge < -0.3 is 28.5 Å². The summed E-state index contributed by atoms with van der Waals surface area (Å²) >= 11 is 0. The molecule has 0 aliphatic carbocycles. The molecule has 2 rings (SSSR count). The van der Waals surface area contributed by atoms with Crippen LogP contribution in [0.1, 0.15) is 20.8 Å². The van der Waals surface area contributed by atoms with Crippen LogP contribution in [0.25, 0.3) is 0 Å². The summed E-state index contributed by atoms with van der Waals surface area (Å²) < 4.78 is 28.6. The van der Waals surface area contributed by atoms with Gasteiger partial charge in [-0.05, 0) is 15.4 Å². The molecular weight excluding hydrogens is 436 g/mol. The fourth-order valence-electron chi connectivity index (χ4n) is 3.84. The Morgan fingerprint density at radius 3 is 1.30 bits per heavy atom. The summed E-state index contributed by atoms with van der Waals surface area (Å²) in [6.45, 7) is 11.3. The lowest BCUT2D eigenvalue weighted by Crippen LogP contribution is -2.66. The molecule has 6 nitrogen and oxygen atoms in total. The van der Waals surface area contributed by atoms with Crippen LogP contribution in [0.3, 0.4) is 0 Å². The molecule has 184 valence electrons. The normalized spacial score (nSPS) is 12.2. The molecule has 0 spiro atoms. The van der Waals surface area contributed by atoms with Crippen LogP contribution in [-0.2, 0) is 23.4 Å². The predicted octanol–water partition coefficient (Wildman–Crippen LogP) is 2.62. The molecule has 7 heteroatoms. The molecule has 33 heavy (non-hydrogen) atoms. The van der Waals surface area contributed by atoms with E-state index in [4.69, 9.17) is 28.5 Å². The van der Waals surface area contributed by atoms with Crippen LogP contribution in [0, 0.1) is 0 Å². The first-order valence-electron chi connectivity index (χ1n) is 11.7. The first kappa shape index (κ1) is 27.7. The quantitative estimate of drug-likeness (QED) is 0.280. The number of ether oxygens (including phenoxy) is 4. The van der Waals surface area contributed by atoms with E-state index in [-0.39, 0.29) is 11.6 Å². The summed E-state index contributed by atoms with van der Waals surface area (Å²) in [5, 5.41) is 11.1. The van der Waals surface area contributed by atoms with Crippen molar-refractivity contribution >= 4 is 18.7 Å². The second-order valence-electron chi connectivity index (χ2n) is 8.68. The van der Waals surface area contributed by atoms with E-state index in [1.165, 1.54) is 10.4 Å². The minimum Gasteiger partial charge on any atom is -0.405 e. The molecule has 0 aliphatic heterocycles. The Balaban J connectivity index is 1.77. The van der Waals surface area contributed by atoms with E-state index in [1.54, 1.807) is 0 Å². The number of hydrogen-bond donors (Lipinski definition) is 1. The van der Waals surface area contributed by atoms with Crippen LogP contribution in [0.4, 0.5) is 0 Å². The van der Waals surface area contributed by atoms with Gasteiger partial charge in [-0.3, -0.25) is 0 Å². The fraction of sp³-hybridized carbons (Fsp3) is 0.538. The van der Waals surface area contributed by atoms with Gasteiger partial charge in [-0.15, -0.1) is 0 Å². The molecule has 0 heterocycles. The lowest BCUT2D eigenvalue weighted by atomic mass is 10.2. The van der Waals surface area contributed by atoms with Gasteiger partial charge in [0.25, 0.3) is 8.32 Å². The highest BCUT2D eigenvalue weighted by Gasteiger charge is 2.49. The number of hydrogen-bond acceptors (Lipinski definition) is 6. The van der Waals surface area contributed by atoms with E-state index in [2.05, 4.69) is 81.4 Å². The standard InChI is InChI=1S/C26H40O6Si/c1-26(2,3)33(24-10-6-4-7-11-24,25-12-8-5-9-13-25)32-23-22-31-21-20-30-19-18-29-17-16-28-15-14-27/h4-13,27H,14-23H2,1-3H3. The molecule has 0 amide bonds. The minimum atomic E-state index is -2.50. The van der Waals surface area contributed by atoms with Crippen molar-refractivity contribution in [1.29, 1.82) is 0 Å². The van der Waals surface area contributed by atoms with Gasteiger partial charge in [-0.2, -0.15) is 0 Å². The molecule has 0 fully saturated rings. The molecule has 0 saturated heterocycles. The van der Waals surface area contributed by atoms with Gasteiger partial charge in [0.15, 0.2) is 0 Å². The van der Waals surface area contributed by atoms with Gasteiger partial charge in [0.2, 0.25) is 0 Å². The van der Waals surface area contributed by atoms with Crippen LogP contribution in [-0.4, -0.2) is 79.5 Å². The molecule has 0 saturated carbocycles. The summed E-state index contributed by atoms with van der Waals surface area (Å²) in [6.07, 6.45) is 0. The van der Waals surface area contributed by atoms with Crippen molar-refractivity contribution in [2.45, 2.75) is 25.8 Å². The smallest absolute Gasteiger partial charge is 0.261 e. The molecule has 0 bridgehead atoms. The molecule has 0 aromatic heterocycles. The van der Waals surface area contributed by atoms with E-state index in [1.807, 2.05) is 0 Å². The third-order valence-electron chi connectivity index (χ3n) is 5.31. The zero-order valence-electron chi connectivity index (χ0n) is 20.3. The SMILES string of the molecule is CC(C)(C)[Si](OCCOCCOCCOCCOCCO)(c1ccccc1)c1ccccc1. The molecule has 0 unspecified atom stereocenters. The molecule has 2 aromatic carbocycles. The summed E-state index contributed by atoms with van der Waals surface area (Å²) in [6, 6.07) is 21.2. The Morgan fingerprint density at radius 2 is 0.939 bits per heavy atom. The van der Waals surface area contributed by atoms with Crippen molar-refractivity contribution in [3.8, 4) is 0 Å². The molecule has 0 radical (unpaired) electrons. The van der Waals surface area contributed by atoms with E-state index in [9.17, 15) is 0 Å². The highest BCUT2D eigenvalue weighted by molar-refractivity contribution is 6.99. The first-order chi connectivity index (χ1) is 16.0. The van der Waals surface area contributed by atoms with Gasteiger partial charge in [-0.25, -0.2) is 0 Å². The number of aliphatic hydroxyl groups excluding tert-OH is 1. The summed E-state index contributed by atoms with van der Waals surface area (Å²) in [4.78, 5) is 0. The number of benzene rings is 2. The van der Waals surface area contributed by atoms with Crippen molar-refractivity contribution < 1.29 is 28.5 Å². The molecular formula is C26H40O6Si. The topological polar surface area (TPSA) is 66.4 Å². The second kappa shape index (κ2) is 15.3. The zero-order chi connectivity index (χ0) is 23.8. The maximum Gasteiger partial charge on any atom is 0.261 e. The highest BCUT2D eigenvalue weighted by Crippen LogP contribution is 2.36. The van der Waals surface area contributed by atoms with Gasteiger partial charge in [-0.1, -0.05) is 81.4 Å². The molecule has 2 aromatic rings. The average Bonchev–Trinajstić information content (AvgIpc) is 2.82. The Kier molecular flexibility index (Phi) is 12.9. The van der Waals surface area contributed by atoms with Crippen molar-refractivity contribution in [2.75, 3.05) is 66.1 Å². The molecule has 0 atom stereocenters. The van der Waals surface area contributed by atoms with E-state index >= 15 is 0 Å². The first-order valence-corrected chi connectivity index (χ1v) is 13.6. The van der Waals surface area contributed by atoms with Crippen molar-refractivity contribution in [3.05, 3.63) is 60.7 Å².